The van der Waals surface area contributed by atoms with Gasteiger partial charge in [-0.3, -0.25) is 0 Å². The average molecular weight is 288 g/mol. The van der Waals surface area contributed by atoms with Gasteiger partial charge < -0.3 is 19.8 Å². The molecule has 0 aliphatic heterocycles. The molecule has 1 aromatic carbocycles. The van der Waals surface area contributed by atoms with Crippen LogP contribution < -0.4 is 15.4 Å². The summed E-state index contributed by atoms with van der Waals surface area (Å²) >= 11 is 0. The summed E-state index contributed by atoms with van der Waals surface area (Å²) in [6.45, 7) is 4.20. The molecule has 0 atom stereocenters. The second-order valence-electron chi connectivity index (χ2n) is 5.21. The predicted octanol–water partition coefficient (Wildman–Crippen LogP) is 3.02. The summed E-state index contributed by atoms with van der Waals surface area (Å²) in [5, 5.41) is 5.70. The third-order valence-corrected chi connectivity index (χ3v) is 3.21. The molecule has 0 aliphatic rings. The number of benzene rings is 1. The summed E-state index contributed by atoms with van der Waals surface area (Å²) in [6.07, 6.45) is 1.58. The van der Waals surface area contributed by atoms with Crippen LogP contribution in [0, 0.1) is 0 Å². The van der Waals surface area contributed by atoms with E-state index in [4.69, 9.17) is 9.15 Å². The second-order valence-corrected chi connectivity index (χ2v) is 5.21. The van der Waals surface area contributed by atoms with Crippen molar-refractivity contribution in [3.8, 4) is 5.75 Å². The van der Waals surface area contributed by atoms with E-state index in [1.807, 2.05) is 44.2 Å². The number of para-hydroxylation sites is 1. The molecule has 21 heavy (non-hydrogen) atoms. The number of carbonyl (C=O) groups excluding carboxylic acids is 1. The van der Waals surface area contributed by atoms with E-state index < -0.39 is 5.54 Å². The standard InChI is InChI=1S/C16H20N2O3/c1-16(2,13-8-4-5-9-14(13)20-3)18-15(19)17-11-12-7-6-10-21-12/h4-10H,11H2,1-3H3,(H2,17,18,19). The van der Waals surface area contributed by atoms with Crippen LogP contribution in [-0.4, -0.2) is 13.1 Å². The normalized spacial score (nSPS) is 11.0. The third kappa shape index (κ3) is 3.78. The van der Waals surface area contributed by atoms with Gasteiger partial charge in [-0.15, -0.1) is 0 Å². The monoisotopic (exact) mass is 288 g/mol. The van der Waals surface area contributed by atoms with Crippen molar-refractivity contribution in [2.24, 2.45) is 0 Å². The highest BCUT2D eigenvalue weighted by molar-refractivity contribution is 5.75. The number of furan rings is 1. The van der Waals surface area contributed by atoms with Crippen molar-refractivity contribution in [2.45, 2.75) is 25.9 Å². The molecular weight excluding hydrogens is 268 g/mol. The number of ether oxygens (including phenoxy) is 1. The van der Waals surface area contributed by atoms with E-state index in [1.165, 1.54) is 0 Å². The van der Waals surface area contributed by atoms with Crippen LogP contribution in [0.25, 0.3) is 0 Å². The summed E-state index contributed by atoms with van der Waals surface area (Å²) in [7, 11) is 1.62. The van der Waals surface area contributed by atoms with E-state index >= 15 is 0 Å². The Kier molecular flexibility index (Phi) is 4.52. The van der Waals surface area contributed by atoms with E-state index in [9.17, 15) is 4.79 Å². The van der Waals surface area contributed by atoms with Gasteiger partial charge in [0.1, 0.15) is 11.5 Å². The van der Waals surface area contributed by atoms with Gasteiger partial charge in [-0.05, 0) is 32.0 Å². The first-order chi connectivity index (χ1) is 10.0. The van der Waals surface area contributed by atoms with Crippen molar-refractivity contribution in [3.05, 3.63) is 54.0 Å². The van der Waals surface area contributed by atoms with Crippen molar-refractivity contribution in [2.75, 3.05) is 7.11 Å². The van der Waals surface area contributed by atoms with Gasteiger partial charge >= 0.3 is 6.03 Å². The van der Waals surface area contributed by atoms with Crippen LogP contribution in [0.4, 0.5) is 4.79 Å². The Balaban J connectivity index is 2.01. The molecule has 0 bridgehead atoms. The van der Waals surface area contributed by atoms with Gasteiger partial charge in [-0.25, -0.2) is 4.79 Å². The van der Waals surface area contributed by atoms with Crippen molar-refractivity contribution in [1.82, 2.24) is 10.6 Å². The number of hydrogen-bond donors (Lipinski definition) is 2. The van der Waals surface area contributed by atoms with Crippen LogP contribution in [0.2, 0.25) is 0 Å². The molecule has 2 amide bonds. The molecule has 2 aromatic rings. The Morgan fingerprint density at radius 1 is 1.24 bits per heavy atom. The van der Waals surface area contributed by atoms with E-state index in [1.54, 1.807) is 19.4 Å². The van der Waals surface area contributed by atoms with Gasteiger partial charge in [0.15, 0.2) is 0 Å². The number of rotatable bonds is 5. The van der Waals surface area contributed by atoms with Gasteiger partial charge in [-0.2, -0.15) is 0 Å². The van der Waals surface area contributed by atoms with Crippen LogP contribution in [0.3, 0.4) is 0 Å². The van der Waals surface area contributed by atoms with Crippen LogP contribution in [0.5, 0.6) is 5.75 Å². The maximum absolute atomic E-state index is 12.0. The topological polar surface area (TPSA) is 63.5 Å². The van der Waals surface area contributed by atoms with Crippen molar-refractivity contribution < 1.29 is 13.9 Å². The smallest absolute Gasteiger partial charge is 0.315 e. The number of hydrogen-bond acceptors (Lipinski definition) is 3. The number of methoxy groups -OCH3 is 1. The summed E-state index contributed by atoms with van der Waals surface area (Å²) in [5.74, 6) is 1.45. The molecule has 0 spiro atoms. The van der Waals surface area contributed by atoms with E-state index in [-0.39, 0.29) is 6.03 Å². The van der Waals surface area contributed by atoms with Crippen molar-refractivity contribution >= 4 is 6.03 Å². The molecule has 0 unspecified atom stereocenters. The highest BCUT2D eigenvalue weighted by Gasteiger charge is 2.26. The third-order valence-electron chi connectivity index (χ3n) is 3.21. The fourth-order valence-electron chi connectivity index (χ4n) is 2.14. The molecule has 0 aliphatic carbocycles. The van der Waals surface area contributed by atoms with Crippen molar-refractivity contribution in [3.63, 3.8) is 0 Å². The lowest BCUT2D eigenvalue weighted by atomic mass is 9.93. The SMILES string of the molecule is COc1ccccc1C(C)(C)NC(=O)NCc1ccco1. The zero-order valence-corrected chi connectivity index (χ0v) is 12.5. The lowest BCUT2D eigenvalue weighted by Crippen LogP contribution is -2.46. The van der Waals surface area contributed by atoms with Crippen LogP contribution in [-0.2, 0) is 12.1 Å². The lowest BCUT2D eigenvalue weighted by molar-refractivity contribution is 0.228. The fraction of sp³-hybridized carbons (Fsp3) is 0.312. The maximum Gasteiger partial charge on any atom is 0.315 e. The molecule has 2 N–H and O–H groups in total. The molecule has 0 saturated carbocycles. The maximum atomic E-state index is 12.0. The fourth-order valence-corrected chi connectivity index (χ4v) is 2.14. The van der Waals surface area contributed by atoms with E-state index in [2.05, 4.69) is 10.6 Å². The van der Waals surface area contributed by atoms with Crippen LogP contribution >= 0.6 is 0 Å². The molecule has 2 rings (SSSR count). The largest absolute Gasteiger partial charge is 0.496 e. The van der Waals surface area contributed by atoms with Crippen LogP contribution in [0.15, 0.2) is 47.1 Å². The van der Waals surface area contributed by atoms with Gasteiger partial charge in [0, 0.05) is 5.56 Å². The van der Waals surface area contributed by atoms with Crippen molar-refractivity contribution in [1.29, 1.82) is 0 Å². The zero-order valence-electron chi connectivity index (χ0n) is 12.5. The molecule has 5 nitrogen and oxygen atoms in total. The Bertz CT molecular complexity index is 591. The number of urea groups is 1. The Morgan fingerprint density at radius 2 is 2.00 bits per heavy atom. The molecule has 112 valence electrons. The molecule has 0 radical (unpaired) electrons. The van der Waals surface area contributed by atoms with Crippen LogP contribution in [0.1, 0.15) is 25.2 Å². The molecule has 0 saturated heterocycles. The number of nitrogens with one attached hydrogen (secondary N) is 2. The molecule has 0 fully saturated rings. The quantitative estimate of drug-likeness (QED) is 0.889. The Hall–Kier alpha value is -2.43. The molecule has 5 heteroatoms. The van der Waals surface area contributed by atoms with E-state index in [0.717, 1.165) is 11.3 Å². The van der Waals surface area contributed by atoms with Gasteiger partial charge in [0.2, 0.25) is 0 Å². The highest BCUT2D eigenvalue weighted by Crippen LogP contribution is 2.29. The summed E-state index contributed by atoms with van der Waals surface area (Å²) in [5.41, 5.74) is 0.362. The lowest BCUT2D eigenvalue weighted by Gasteiger charge is -2.28. The highest BCUT2D eigenvalue weighted by atomic mass is 16.5. The minimum absolute atomic E-state index is 0.262. The Morgan fingerprint density at radius 3 is 2.67 bits per heavy atom. The Labute approximate surface area is 124 Å². The summed E-state index contributed by atoms with van der Waals surface area (Å²) in [6, 6.07) is 11.0. The second kappa shape index (κ2) is 6.35. The van der Waals surface area contributed by atoms with Gasteiger partial charge in [0.05, 0.1) is 25.5 Å². The summed E-state index contributed by atoms with van der Waals surface area (Å²) in [4.78, 5) is 12.0. The first-order valence-corrected chi connectivity index (χ1v) is 6.75. The first kappa shape index (κ1) is 15.0. The molecular formula is C16H20N2O3. The number of amides is 2. The summed E-state index contributed by atoms with van der Waals surface area (Å²) < 4.78 is 10.5. The average Bonchev–Trinajstić information content (AvgIpc) is 2.98. The zero-order chi connectivity index (χ0) is 15.3. The van der Waals surface area contributed by atoms with E-state index in [0.29, 0.717) is 12.3 Å². The minimum Gasteiger partial charge on any atom is -0.496 e. The minimum atomic E-state index is -0.556. The predicted molar refractivity (Wildman–Crippen MR) is 80.1 cm³/mol. The first-order valence-electron chi connectivity index (χ1n) is 6.75. The number of carbonyl (C=O) groups is 1. The molecule has 1 aromatic heterocycles. The van der Waals surface area contributed by atoms with Gasteiger partial charge in [0.25, 0.3) is 0 Å². The van der Waals surface area contributed by atoms with Gasteiger partial charge in [-0.1, -0.05) is 18.2 Å². The molecule has 1 heterocycles.